The van der Waals surface area contributed by atoms with E-state index in [1.54, 1.807) is 0 Å². The first-order chi connectivity index (χ1) is 9.34. The van der Waals surface area contributed by atoms with Crippen molar-refractivity contribution in [2.45, 2.75) is 18.6 Å². The number of nitrogens with zero attached hydrogens (tertiary/aromatic N) is 1. The summed E-state index contributed by atoms with van der Waals surface area (Å²) in [5, 5.41) is 0. The molecule has 0 aliphatic carbocycles. The average Bonchev–Trinajstić information content (AvgIpc) is 2.81. The Hall–Kier alpha value is -1.46. The summed E-state index contributed by atoms with van der Waals surface area (Å²) in [6, 6.07) is 4.37. The van der Waals surface area contributed by atoms with Crippen molar-refractivity contribution in [2.75, 3.05) is 33.6 Å². The molecular formula is C14H17NO4. The Morgan fingerprint density at radius 2 is 2.05 bits per heavy atom. The molecule has 3 aliphatic rings. The number of hydrogen-bond donors (Lipinski definition) is 0. The Morgan fingerprint density at radius 1 is 1.11 bits per heavy atom. The van der Waals surface area contributed by atoms with Crippen LogP contribution in [0.15, 0.2) is 12.1 Å². The summed E-state index contributed by atoms with van der Waals surface area (Å²) in [6.45, 7) is 2.68. The summed E-state index contributed by atoms with van der Waals surface area (Å²) in [5.74, 6) is 2.30. The van der Waals surface area contributed by atoms with Gasteiger partial charge in [0, 0.05) is 18.2 Å². The van der Waals surface area contributed by atoms with Gasteiger partial charge in [0.2, 0.25) is 12.5 Å². The molecule has 19 heavy (non-hydrogen) atoms. The van der Waals surface area contributed by atoms with Crippen LogP contribution in [0.4, 0.5) is 0 Å². The van der Waals surface area contributed by atoms with Crippen LogP contribution in [0.1, 0.15) is 18.1 Å². The van der Waals surface area contributed by atoms with E-state index in [9.17, 15) is 0 Å². The largest absolute Gasteiger partial charge is 0.489 e. The van der Waals surface area contributed by atoms with Crippen LogP contribution in [-0.4, -0.2) is 44.5 Å². The molecule has 0 amide bonds. The van der Waals surface area contributed by atoms with E-state index in [-0.39, 0.29) is 12.9 Å². The van der Waals surface area contributed by atoms with Gasteiger partial charge in [-0.05, 0) is 25.6 Å². The summed E-state index contributed by atoms with van der Waals surface area (Å²) in [7, 11) is 2.15. The number of fused-ring (bicyclic) bond motifs is 5. The van der Waals surface area contributed by atoms with Crippen LogP contribution in [0.2, 0.25) is 0 Å². The molecule has 1 saturated heterocycles. The number of rotatable bonds is 0. The van der Waals surface area contributed by atoms with Gasteiger partial charge in [0.1, 0.15) is 6.10 Å². The van der Waals surface area contributed by atoms with Gasteiger partial charge in [-0.3, -0.25) is 4.90 Å². The highest BCUT2D eigenvalue weighted by atomic mass is 16.7. The molecule has 0 saturated carbocycles. The molecule has 0 bridgehead atoms. The van der Waals surface area contributed by atoms with Crippen molar-refractivity contribution in [3.63, 3.8) is 0 Å². The van der Waals surface area contributed by atoms with Crippen LogP contribution in [-0.2, 0) is 4.74 Å². The summed E-state index contributed by atoms with van der Waals surface area (Å²) < 4.78 is 22.9. The maximum atomic E-state index is 6.00. The zero-order valence-electron chi connectivity index (χ0n) is 10.9. The SMILES string of the molecule is CN1CCO[C@H]2c3ccc4c(c3OCC[C@@H]21)OCO4. The fraction of sp³-hybridized carbons (Fsp3) is 0.571. The number of likely N-dealkylation sites (N-methyl/N-ethyl adjacent to an activating group) is 1. The topological polar surface area (TPSA) is 40.2 Å². The quantitative estimate of drug-likeness (QED) is 0.710. The van der Waals surface area contributed by atoms with Gasteiger partial charge in [-0.15, -0.1) is 0 Å². The van der Waals surface area contributed by atoms with Crippen LogP contribution in [0.5, 0.6) is 17.2 Å². The number of hydrogen-bond acceptors (Lipinski definition) is 5. The standard InChI is InChI=1S/C14H17NO4/c1-15-5-7-17-12-9-2-3-11-14(19-8-18-11)13(9)16-6-4-10(12)15/h2-3,10,12H,4-8H2,1H3/t10-,12-/m0/s1. The monoisotopic (exact) mass is 263 g/mol. The lowest BCUT2D eigenvalue weighted by atomic mass is 9.97. The van der Waals surface area contributed by atoms with Gasteiger partial charge in [-0.1, -0.05) is 0 Å². The van der Waals surface area contributed by atoms with Crippen molar-refractivity contribution >= 4 is 0 Å². The average molecular weight is 263 g/mol. The molecule has 5 nitrogen and oxygen atoms in total. The van der Waals surface area contributed by atoms with E-state index in [0.717, 1.165) is 42.4 Å². The highest BCUT2D eigenvalue weighted by molar-refractivity contribution is 5.58. The second-order valence-corrected chi connectivity index (χ2v) is 5.19. The van der Waals surface area contributed by atoms with Gasteiger partial charge in [-0.2, -0.15) is 0 Å². The smallest absolute Gasteiger partial charge is 0.231 e. The van der Waals surface area contributed by atoms with Crippen molar-refractivity contribution in [2.24, 2.45) is 0 Å². The first kappa shape index (κ1) is 11.4. The summed E-state index contributed by atoms with van der Waals surface area (Å²) in [4.78, 5) is 2.36. The molecule has 1 fully saturated rings. The third-order valence-electron chi connectivity index (χ3n) is 4.15. The molecule has 0 aromatic heterocycles. The van der Waals surface area contributed by atoms with E-state index < -0.39 is 0 Å². The fourth-order valence-electron chi connectivity index (χ4n) is 3.12. The second-order valence-electron chi connectivity index (χ2n) is 5.19. The van der Waals surface area contributed by atoms with E-state index in [0.29, 0.717) is 12.6 Å². The van der Waals surface area contributed by atoms with Gasteiger partial charge in [0.25, 0.3) is 0 Å². The Labute approximate surface area is 112 Å². The Balaban J connectivity index is 1.81. The normalized spacial score (nSPS) is 29.1. The van der Waals surface area contributed by atoms with Crippen molar-refractivity contribution in [1.82, 2.24) is 4.90 Å². The molecule has 5 heteroatoms. The third kappa shape index (κ3) is 1.69. The Kier molecular flexibility index (Phi) is 2.56. The molecule has 1 aromatic rings. The number of benzene rings is 1. The summed E-state index contributed by atoms with van der Waals surface area (Å²) in [6.07, 6.45) is 1.02. The molecule has 0 spiro atoms. The molecular weight excluding hydrogens is 246 g/mol. The van der Waals surface area contributed by atoms with Crippen LogP contribution < -0.4 is 14.2 Å². The van der Waals surface area contributed by atoms with Gasteiger partial charge in [-0.25, -0.2) is 0 Å². The minimum absolute atomic E-state index is 0.0609. The van der Waals surface area contributed by atoms with Crippen molar-refractivity contribution in [3.8, 4) is 17.2 Å². The second kappa shape index (κ2) is 4.28. The van der Waals surface area contributed by atoms with Gasteiger partial charge in [0.15, 0.2) is 11.5 Å². The lowest BCUT2D eigenvalue weighted by molar-refractivity contribution is -0.0644. The zero-order valence-corrected chi connectivity index (χ0v) is 10.9. The maximum absolute atomic E-state index is 6.00. The molecule has 0 unspecified atom stereocenters. The molecule has 3 aliphatic heterocycles. The lowest BCUT2D eigenvalue weighted by Crippen LogP contribution is -2.44. The molecule has 0 radical (unpaired) electrons. The molecule has 4 rings (SSSR count). The molecule has 3 heterocycles. The molecule has 2 atom stereocenters. The van der Waals surface area contributed by atoms with Crippen LogP contribution in [0.25, 0.3) is 0 Å². The van der Waals surface area contributed by atoms with Crippen molar-refractivity contribution in [1.29, 1.82) is 0 Å². The number of ether oxygens (including phenoxy) is 4. The third-order valence-corrected chi connectivity index (χ3v) is 4.15. The predicted molar refractivity (Wildman–Crippen MR) is 67.8 cm³/mol. The maximum Gasteiger partial charge on any atom is 0.231 e. The zero-order chi connectivity index (χ0) is 12.8. The Bertz CT molecular complexity index is 504. The van der Waals surface area contributed by atoms with Gasteiger partial charge < -0.3 is 18.9 Å². The summed E-state index contributed by atoms with van der Waals surface area (Å²) >= 11 is 0. The van der Waals surface area contributed by atoms with E-state index in [1.807, 2.05) is 12.1 Å². The van der Waals surface area contributed by atoms with E-state index in [4.69, 9.17) is 18.9 Å². The van der Waals surface area contributed by atoms with Crippen LogP contribution >= 0.6 is 0 Å². The number of morpholine rings is 1. The highest BCUT2D eigenvalue weighted by Gasteiger charge is 2.37. The minimum atomic E-state index is 0.0609. The predicted octanol–water partition coefficient (Wildman–Crippen LogP) is 1.57. The summed E-state index contributed by atoms with van der Waals surface area (Å²) in [5.41, 5.74) is 1.08. The first-order valence-corrected chi connectivity index (χ1v) is 6.72. The molecule has 102 valence electrons. The first-order valence-electron chi connectivity index (χ1n) is 6.72. The highest BCUT2D eigenvalue weighted by Crippen LogP contribution is 2.48. The van der Waals surface area contributed by atoms with E-state index >= 15 is 0 Å². The van der Waals surface area contributed by atoms with E-state index in [2.05, 4.69) is 11.9 Å². The lowest BCUT2D eigenvalue weighted by Gasteiger charge is -2.38. The minimum Gasteiger partial charge on any atom is -0.489 e. The van der Waals surface area contributed by atoms with Gasteiger partial charge in [0.05, 0.1) is 13.2 Å². The molecule has 0 N–H and O–H groups in total. The van der Waals surface area contributed by atoms with Crippen molar-refractivity contribution in [3.05, 3.63) is 17.7 Å². The van der Waals surface area contributed by atoms with E-state index in [1.165, 1.54) is 0 Å². The van der Waals surface area contributed by atoms with Crippen molar-refractivity contribution < 1.29 is 18.9 Å². The fourth-order valence-corrected chi connectivity index (χ4v) is 3.12. The van der Waals surface area contributed by atoms with Gasteiger partial charge >= 0.3 is 0 Å². The van der Waals surface area contributed by atoms with Crippen LogP contribution in [0.3, 0.4) is 0 Å². The Morgan fingerprint density at radius 3 is 3.00 bits per heavy atom. The van der Waals surface area contributed by atoms with Crippen LogP contribution in [0, 0.1) is 0 Å². The molecule has 1 aromatic carbocycles.